The van der Waals surface area contributed by atoms with E-state index in [1.165, 1.54) is 12.8 Å². The number of hydrogen-bond acceptors (Lipinski definition) is 5. The summed E-state index contributed by atoms with van der Waals surface area (Å²) in [6, 6.07) is 0. The summed E-state index contributed by atoms with van der Waals surface area (Å²) in [6.45, 7) is 5.89. The van der Waals surface area contributed by atoms with Crippen molar-refractivity contribution < 1.29 is 0 Å². The number of nitrogens with one attached hydrogen (secondary N) is 1. The molecule has 0 radical (unpaired) electrons. The molecule has 0 amide bonds. The highest BCUT2D eigenvalue weighted by Crippen LogP contribution is 2.15. The summed E-state index contributed by atoms with van der Waals surface area (Å²) in [5.74, 6) is 0.783. The third-order valence-electron chi connectivity index (χ3n) is 2.67. The molecular weight excluding hydrogens is 216 g/mol. The number of rotatable bonds is 6. The Hall–Kier alpha value is -1.72. The molecule has 2 aromatic rings. The van der Waals surface area contributed by atoms with Crippen molar-refractivity contribution in [2.45, 2.75) is 39.7 Å². The van der Waals surface area contributed by atoms with Gasteiger partial charge in [-0.25, -0.2) is 14.6 Å². The summed E-state index contributed by atoms with van der Waals surface area (Å²) >= 11 is 0. The van der Waals surface area contributed by atoms with Crippen molar-refractivity contribution in [1.82, 2.24) is 25.0 Å². The van der Waals surface area contributed by atoms with Gasteiger partial charge in [0, 0.05) is 13.1 Å². The Bertz CT molecular complexity index is 478. The number of fused-ring (bicyclic) bond motifs is 1. The standard InChI is InChI=1S/C11H18N6/c1-3-5-6-7-12-10-9-11(14-8-13-10)17(4-2)16-15-9/h8H,3-7H2,1-2H3,(H,12,13,14). The summed E-state index contributed by atoms with van der Waals surface area (Å²) in [5.41, 5.74) is 1.55. The maximum absolute atomic E-state index is 4.21. The van der Waals surface area contributed by atoms with E-state index in [1.54, 1.807) is 11.0 Å². The molecule has 0 aromatic carbocycles. The predicted octanol–water partition coefficient (Wildman–Crippen LogP) is 1.84. The molecule has 0 unspecified atom stereocenters. The van der Waals surface area contributed by atoms with Crippen LogP contribution in [0, 0.1) is 0 Å². The maximum Gasteiger partial charge on any atom is 0.183 e. The fraction of sp³-hybridized carbons (Fsp3) is 0.636. The van der Waals surface area contributed by atoms with Crippen LogP contribution in [0.4, 0.5) is 5.82 Å². The monoisotopic (exact) mass is 234 g/mol. The molecule has 92 valence electrons. The molecule has 1 N–H and O–H groups in total. The van der Waals surface area contributed by atoms with Gasteiger partial charge < -0.3 is 5.32 Å². The molecule has 0 spiro atoms. The number of aromatic nitrogens is 5. The van der Waals surface area contributed by atoms with Crippen molar-refractivity contribution in [3.05, 3.63) is 6.33 Å². The third kappa shape index (κ3) is 2.51. The molecular formula is C11H18N6. The average molecular weight is 234 g/mol. The molecule has 0 bridgehead atoms. The van der Waals surface area contributed by atoms with Gasteiger partial charge in [0.2, 0.25) is 0 Å². The largest absolute Gasteiger partial charge is 0.368 e. The van der Waals surface area contributed by atoms with Crippen LogP contribution >= 0.6 is 0 Å². The van der Waals surface area contributed by atoms with E-state index in [2.05, 4.69) is 32.5 Å². The van der Waals surface area contributed by atoms with Crippen LogP contribution < -0.4 is 5.32 Å². The molecule has 17 heavy (non-hydrogen) atoms. The lowest BCUT2D eigenvalue weighted by molar-refractivity contribution is 0.641. The van der Waals surface area contributed by atoms with Crippen LogP contribution in [0.1, 0.15) is 33.1 Å². The Morgan fingerprint density at radius 1 is 1.24 bits per heavy atom. The van der Waals surface area contributed by atoms with Gasteiger partial charge in [0.15, 0.2) is 17.0 Å². The zero-order valence-electron chi connectivity index (χ0n) is 10.3. The Labute approximate surface area is 100 Å². The zero-order valence-corrected chi connectivity index (χ0v) is 10.3. The summed E-state index contributed by atoms with van der Waals surface area (Å²) in [4.78, 5) is 8.42. The van der Waals surface area contributed by atoms with Crippen molar-refractivity contribution in [2.75, 3.05) is 11.9 Å². The normalized spacial score (nSPS) is 10.9. The summed E-state index contributed by atoms with van der Waals surface area (Å²) in [7, 11) is 0. The number of aryl methyl sites for hydroxylation is 1. The molecule has 0 aliphatic carbocycles. The first-order chi connectivity index (χ1) is 8.36. The highest BCUT2D eigenvalue weighted by atomic mass is 15.4. The van der Waals surface area contributed by atoms with E-state index in [0.717, 1.165) is 36.5 Å². The maximum atomic E-state index is 4.21. The Morgan fingerprint density at radius 3 is 2.88 bits per heavy atom. The minimum atomic E-state index is 0.755. The van der Waals surface area contributed by atoms with E-state index in [-0.39, 0.29) is 0 Å². The van der Waals surface area contributed by atoms with Crippen LogP contribution in [-0.4, -0.2) is 31.5 Å². The van der Waals surface area contributed by atoms with Gasteiger partial charge >= 0.3 is 0 Å². The van der Waals surface area contributed by atoms with Gasteiger partial charge in [-0.05, 0) is 13.3 Å². The van der Waals surface area contributed by atoms with Crippen LogP contribution in [-0.2, 0) is 6.54 Å². The second-order valence-electron chi connectivity index (χ2n) is 3.93. The van der Waals surface area contributed by atoms with Crippen LogP contribution in [0.2, 0.25) is 0 Å². The van der Waals surface area contributed by atoms with E-state index < -0.39 is 0 Å². The lowest BCUT2D eigenvalue weighted by Gasteiger charge is -2.04. The van der Waals surface area contributed by atoms with Gasteiger partial charge in [-0.15, -0.1) is 5.10 Å². The van der Waals surface area contributed by atoms with Crippen molar-refractivity contribution in [2.24, 2.45) is 0 Å². The summed E-state index contributed by atoms with van der Waals surface area (Å²) < 4.78 is 1.77. The lowest BCUT2D eigenvalue weighted by Crippen LogP contribution is -2.04. The van der Waals surface area contributed by atoms with Gasteiger partial charge in [-0.1, -0.05) is 25.0 Å². The van der Waals surface area contributed by atoms with Gasteiger partial charge in [-0.2, -0.15) is 0 Å². The van der Waals surface area contributed by atoms with Crippen molar-refractivity contribution in [3.63, 3.8) is 0 Å². The van der Waals surface area contributed by atoms with Crippen molar-refractivity contribution in [3.8, 4) is 0 Å². The smallest absolute Gasteiger partial charge is 0.183 e. The number of anilines is 1. The molecule has 0 atom stereocenters. The fourth-order valence-electron chi connectivity index (χ4n) is 1.72. The number of nitrogens with zero attached hydrogens (tertiary/aromatic N) is 5. The average Bonchev–Trinajstić information content (AvgIpc) is 2.78. The van der Waals surface area contributed by atoms with Crippen LogP contribution in [0.5, 0.6) is 0 Å². The van der Waals surface area contributed by atoms with Gasteiger partial charge in [0.05, 0.1) is 0 Å². The Balaban J connectivity index is 2.14. The van der Waals surface area contributed by atoms with Gasteiger partial charge in [-0.3, -0.25) is 0 Å². The van der Waals surface area contributed by atoms with Gasteiger partial charge in [0.1, 0.15) is 6.33 Å². The molecule has 6 heteroatoms. The lowest BCUT2D eigenvalue weighted by atomic mass is 10.2. The predicted molar refractivity (Wildman–Crippen MR) is 66.8 cm³/mol. The van der Waals surface area contributed by atoms with Crippen LogP contribution in [0.3, 0.4) is 0 Å². The van der Waals surface area contributed by atoms with Crippen LogP contribution in [0.15, 0.2) is 6.33 Å². The van der Waals surface area contributed by atoms with E-state index in [4.69, 9.17) is 0 Å². The zero-order chi connectivity index (χ0) is 12.1. The van der Waals surface area contributed by atoms with Crippen molar-refractivity contribution >= 4 is 17.0 Å². The van der Waals surface area contributed by atoms with Crippen LogP contribution in [0.25, 0.3) is 11.2 Å². The number of unbranched alkanes of at least 4 members (excludes halogenated alkanes) is 2. The second-order valence-corrected chi connectivity index (χ2v) is 3.93. The quantitative estimate of drug-likeness (QED) is 0.772. The molecule has 0 saturated heterocycles. The van der Waals surface area contributed by atoms with E-state index >= 15 is 0 Å². The molecule has 2 aromatic heterocycles. The minimum absolute atomic E-state index is 0.755. The fourth-order valence-corrected chi connectivity index (χ4v) is 1.72. The molecule has 2 heterocycles. The topological polar surface area (TPSA) is 68.5 Å². The molecule has 2 rings (SSSR count). The Kier molecular flexibility index (Phi) is 3.85. The Morgan fingerprint density at radius 2 is 2.12 bits per heavy atom. The highest BCUT2D eigenvalue weighted by Gasteiger charge is 2.09. The first kappa shape index (κ1) is 11.8. The molecule has 0 aliphatic rings. The van der Waals surface area contributed by atoms with Crippen molar-refractivity contribution in [1.29, 1.82) is 0 Å². The summed E-state index contributed by atoms with van der Waals surface area (Å²) in [5, 5.41) is 11.4. The molecule has 0 fully saturated rings. The first-order valence-electron chi connectivity index (χ1n) is 6.14. The third-order valence-corrected chi connectivity index (χ3v) is 2.67. The minimum Gasteiger partial charge on any atom is -0.368 e. The van der Waals surface area contributed by atoms with E-state index in [1.807, 2.05) is 6.92 Å². The van der Waals surface area contributed by atoms with Gasteiger partial charge in [0.25, 0.3) is 0 Å². The first-order valence-corrected chi connectivity index (χ1v) is 6.14. The molecule has 0 saturated carbocycles. The highest BCUT2D eigenvalue weighted by molar-refractivity contribution is 5.81. The SMILES string of the molecule is CCCCCNc1ncnc2c1nnn2CC. The molecule has 6 nitrogen and oxygen atoms in total. The van der Waals surface area contributed by atoms with E-state index in [9.17, 15) is 0 Å². The second kappa shape index (κ2) is 5.56. The number of hydrogen-bond donors (Lipinski definition) is 1. The van der Waals surface area contributed by atoms with E-state index in [0.29, 0.717) is 0 Å². The molecule has 0 aliphatic heterocycles. The summed E-state index contributed by atoms with van der Waals surface area (Å²) in [6.07, 6.45) is 5.14.